The number of aromatic hydroxyl groups is 1. The van der Waals surface area contributed by atoms with E-state index in [1.165, 1.54) is 12.1 Å². The summed E-state index contributed by atoms with van der Waals surface area (Å²) in [5.74, 6) is -2.73. The maximum absolute atomic E-state index is 13.4. The first-order valence-electron chi connectivity index (χ1n) is 15.9. The van der Waals surface area contributed by atoms with Gasteiger partial charge in [0.1, 0.15) is 30.0 Å². The quantitative estimate of drug-likeness (QED) is 0.124. The van der Waals surface area contributed by atoms with Crippen LogP contribution in [0.2, 0.25) is 0 Å². The number of alkyl carbamates (subject to hydrolysis) is 1. The highest BCUT2D eigenvalue weighted by Gasteiger charge is 2.29. The fourth-order valence-corrected chi connectivity index (χ4v) is 4.72. The molecule has 3 aromatic carbocycles. The van der Waals surface area contributed by atoms with Gasteiger partial charge in [0.2, 0.25) is 11.8 Å². The summed E-state index contributed by atoms with van der Waals surface area (Å²) in [5.41, 5.74) is 7.15. The number of phenols is 1. The Bertz CT molecular complexity index is 1490. The number of hydrogen-bond donors (Lipinski definition) is 6. The molecule has 13 nitrogen and oxygen atoms in total. The van der Waals surface area contributed by atoms with Gasteiger partial charge in [-0.1, -0.05) is 72.8 Å². The van der Waals surface area contributed by atoms with Gasteiger partial charge >= 0.3 is 12.1 Å². The highest BCUT2D eigenvalue weighted by atomic mass is 16.6. The minimum atomic E-state index is -1.15. The Balaban J connectivity index is 1.59. The van der Waals surface area contributed by atoms with Gasteiger partial charge in [-0.05, 0) is 69.0 Å². The van der Waals surface area contributed by atoms with Crippen LogP contribution in [0.1, 0.15) is 56.3 Å². The highest BCUT2D eigenvalue weighted by Crippen LogP contribution is 2.21. The molecule has 0 aliphatic rings. The number of phenolic OH excluding ortho intramolecular Hbond substituents is 1. The monoisotopic (exact) mass is 675 g/mol. The average molecular weight is 676 g/mol. The van der Waals surface area contributed by atoms with Crippen molar-refractivity contribution in [2.45, 2.75) is 63.8 Å². The van der Waals surface area contributed by atoms with Gasteiger partial charge in [-0.3, -0.25) is 19.2 Å². The molecule has 0 saturated carbocycles. The molecule has 0 spiro atoms. The number of carbonyl (C=O) groups is 5. The number of rotatable bonds is 16. The summed E-state index contributed by atoms with van der Waals surface area (Å²) in [4.78, 5) is 64.4. The Labute approximate surface area is 285 Å². The van der Waals surface area contributed by atoms with Crippen molar-refractivity contribution in [3.63, 3.8) is 0 Å². The summed E-state index contributed by atoms with van der Waals surface area (Å²) in [6.07, 6.45) is -0.292. The number of carbonyl (C=O) groups excluding carboxylic acids is 5. The molecule has 0 fully saturated rings. The van der Waals surface area contributed by atoms with Gasteiger partial charge in [0.25, 0.3) is 5.91 Å². The molecule has 2 atom stereocenters. The summed E-state index contributed by atoms with van der Waals surface area (Å²) >= 11 is 0. The standard InChI is InChI=1S/C36H45N5O8/c1-36(2,3)49-35(47)40-29(21-24-16-18-27(42)19-17-24)34(46)39-28(15-10-20-37)33(45)38-22-31(44)48-23-30(43)41-32(25-11-6-4-7-12-25)26-13-8-5-9-14-26/h4-9,11-14,16-19,28-29,32,42H,10,15,20-23,37H2,1-3H3,(H,38,45)(H,39,46)(H,40,47)(H,41,43)/t28-,29-/m0/s1. The fourth-order valence-electron chi connectivity index (χ4n) is 4.72. The van der Waals surface area contributed by atoms with E-state index in [0.717, 1.165) is 11.1 Å². The Morgan fingerprint density at radius 1 is 0.776 bits per heavy atom. The van der Waals surface area contributed by atoms with E-state index in [1.54, 1.807) is 32.9 Å². The van der Waals surface area contributed by atoms with Gasteiger partial charge < -0.3 is 41.6 Å². The van der Waals surface area contributed by atoms with E-state index in [9.17, 15) is 29.1 Å². The molecule has 0 aromatic heterocycles. The smallest absolute Gasteiger partial charge is 0.408 e. The molecular formula is C36H45N5O8. The summed E-state index contributed by atoms with van der Waals surface area (Å²) in [7, 11) is 0. The minimum Gasteiger partial charge on any atom is -0.508 e. The molecular weight excluding hydrogens is 630 g/mol. The van der Waals surface area contributed by atoms with Crippen LogP contribution in [0.25, 0.3) is 0 Å². The summed E-state index contributed by atoms with van der Waals surface area (Å²) in [6.45, 7) is 4.13. The second kappa shape index (κ2) is 18.8. The van der Waals surface area contributed by atoms with Crippen LogP contribution in [0.3, 0.4) is 0 Å². The Morgan fingerprint density at radius 3 is 1.92 bits per heavy atom. The second-order valence-corrected chi connectivity index (χ2v) is 12.3. The number of nitrogens with two attached hydrogens (primary N) is 1. The predicted octanol–water partition coefficient (Wildman–Crippen LogP) is 2.62. The van der Waals surface area contributed by atoms with Crippen molar-refractivity contribution < 1.29 is 38.6 Å². The van der Waals surface area contributed by atoms with Crippen LogP contribution in [0.5, 0.6) is 5.75 Å². The lowest BCUT2D eigenvalue weighted by molar-refractivity contribution is -0.148. The zero-order chi connectivity index (χ0) is 35.8. The molecule has 0 unspecified atom stereocenters. The number of ether oxygens (including phenoxy) is 2. The molecule has 3 rings (SSSR count). The van der Waals surface area contributed by atoms with Gasteiger partial charge in [-0.25, -0.2) is 4.79 Å². The lowest BCUT2D eigenvalue weighted by Crippen LogP contribution is -2.55. The first-order chi connectivity index (χ1) is 23.3. The van der Waals surface area contributed by atoms with Gasteiger partial charge in [0, 0.05) is 6.42 Å². The molecule has 0 radical (unpaired) electrons. The molecule has 4 amide bonds. The molecule has 49 heavy (non-hydrogen) atoms. The van der Waals surface area contributed by atoms with Crippen molar-refractivity contribution in [2.24, 2.45) is 5.73 Å². The van der Waals surface area contributed by atoms with E-state index in [-0.39, 0.29) is 25.1 Å². The molecule has 0 aliphatic carbocycles. The normalized spacial score (nSPS) is 12.3. The lowest BCUT2D eigenvalue weighted by atomic mass is 9.99. The molecule has 7 N–H and O–H groups in total. The highest BCUT2D eigenvalue weighted by molar-refractivity contribution is 5.92. The van der Waals surface area contributed by atoms with Crippen LogP contribution >= 0.6 is 0 Å². The van der Waals surface area contributed by atoms with Crippen LogP contribution in [0, 0.1) is 0 Å². The molecule has 3 aromatic rings. The number of benzene rings is 3. The van der Waals surface area contributed by atoms with E-state index in [2.05, 4.69) is 21.3 Å². The van der Waals surface area contributed by atoms with Crippen LogP contribution in [0.4, 0.5) is 4.79 Å². The summed E-state index contributed by atoms with van der Waals surface area (Å²) in [5, 5.41) is 20.1. The van der Waals surface area contributed by atoms with Crippen LogP contribution in [-0.2, 0) is 35.1 Å². The summed E-state index contributed by atoms with van der Waals surface area (Å²) in [6, 6.07) is 22.0. The van der Waals surface area contributed by atoms with E-state index < -0.39 is 66.7 Å². The van der Waals surface area contributed by atoms with Gasteiger partial charge in [-0.15, -0.1) is 0 Å². The summed E-state index contributed by atoms with van der Waals surface area (Å²) < 4.78 is 10.4. The minimum absolute atomic E-state index is 0.0282. The fraction of sp³-hybridized carbons (Fsp3) is 0.361. The molecule has 0 bridgehead atoms. The third-order valence-electron chi connectivity index (χ3n) is 7.06. The third-order valence-corrected chi connectivity index (χ3v) is 7.06. The van der Waals surface area contributed by atoms with Crippen LogP contribution in [-0.4, -0.2) is 72.3 Å². The Kier molecular flexibility index (Phi) is 14.6. The Hall–Kier alpha value is -5.43. The molecule has 0 aliphatic heterocycles. The van der Waals surface area contributed by atoms with E-state index in [4.69, 9.17) is 15.2 Å². The zero-order valence-corrected chi connectivity index (χ0v) is 27.9. The number of amides is 4. The number of nitrogens with one attached hydrogen (secondary N) is 4. The first-order valence-corrected chi connectivity index (χ1v) is 15.9. The van der Waals surface area contributed by atoms with E-state index in [0.29, 0.717) is 12.0 Å². The number of esters is 1. The van der Waals surface area contributed by atoms with Crippen LogP contribution < -0.4 is 27.0 Å². The van der Waals surface area contributed by atoms with Crippen molar-refractivity contribution in [3.05, 3.63) is 102 Å². The SMILES string of the molecule is CC(C)(C)OC(=O)N[C@@H](Cc1ccc(O)cc1)C(=O)N[C@@H](CCCN)C(=O)NCC(=O)OCC(=O)NC(c1ccccc1)c1ccccc1. The molecule has 13 heteroatoms. The topological polar surface area (TPSA) is 198 Å². The van der Waals surface area contributed by atoms with E-state index >= 15 is 0 Å². The van der Waals surface area contributed by atoms with Crippen molar-refractivity contribution >= 4 is 29.8 Å². The largest absolute Gasteiger partial charge is 0.508 e. The zero-order valence-electron chi connectivity index (χ0n) is 27.9. The average Bonchev–Trinajstić information content (AvgIpc) is 3.07. The maximum Gasteiger partial charge on any atom is 0.408 e. The molecule has 262 valence electrons. The van der Waals surface area contributed by atoms with Crippen molar-refractivity contribution in [1.82, 2.24) is 21.3 Å². The van der Waals surface area contributed by atoms with Crippen molar-refractivity contribution in [3.8, 4) is 5.75 Å². The first kappa shape index (κ1) is 38.0. The third kappa shape index (κ3) is 13.7. The Morgan fingerprint density at radius 2 is 1.37 bits per heavy atom. The lowest BCUT2D eigenvalue weighted by Gasteiger charge is -2.25. The predicted molar refractivity (Wildman–Crippen MR) is 182 cm³/mol. The number of hydrogen-bond acceptors (Lipinski definition) is 9. The molecule has 0 heterocycles. The van der Waals surface area contributed by atoms with Gasteiger partial charge in [0.05, 0.1) is 6.04 Å². The van der Waals surface area contributed by atoms with Crippen molar-refractivity contribution in [2.75, 3.05) is 19.7 Å². The van der Waals surface area contributed by atoms with Crippen LogP contribution in [0.15, 0.2) is 84.9 Å². The van der Waals surface area contributed by atoms with Gasteiger partial charge in [0.15, 0.2) is 6.61 Å². The van der Waals surface area contributed by atoms with Gasteiger partial charge in [-0.2, -0.15) is 0 Å². The maximum atomic E-state index is 13.4. The second-order valence-electron chi connectivity index (χ2n) is 12.3. The van der Waals surface area contributed by atoms with E-state index in [1.807, 2.05) is 60.7 Å². The molecule has 0 saturated heterocycles. The van der Waals surface area contributed by atoms with Crippen molar-refractivity contribution in [1.29, 1.82) is 0 Å².